The van der Waals surface area contributed by atoms with Crippen LogP contribution in [-0.2, 0) is 16.4 Å². The van der Waals surface area contributed by atoms with Crippen LogP contribution in [0, 0.1) is 0 Å². The van der Waals surface area contributed by atoms with Crippen LogP contribution in [0.1, 0.15) is 12.5 Å². The van der Waals surface area contributed by atoms with Crippen LogP contribution in [0.25, 0.3) is 0 Å². The fourth-order valence-corrected chi connectivity index (χ4v) is 3.99. The first-order chi connectivity index (χ1) is 10.5. The monoisotopic (exact) mass is 397 g/mol. The van der Waals surface area contributed by atoms with Crippen molar-refractivity contribution in [2.75, 3.05) is 39.3 Å². The minimum absolute atomic E-state index is 0. The van der Waals surface area contributed by atoms with E-state index in [1.165, 1.54) is 0 Å². The van der Waals surface area contributed by atoms with Gasteiger partial charge in [-0.15, -0.1) is 24.8 Å². The molecule has 1 aromatic carbocycles. The van der Waals surface area contributed by atoms with E-state index in [0.717, 1.165) is 50.5 Å². The van der Waals surface area contributed by atoms with E-state index in [1.807, 2.05) is 6.92 Å². The van der Waals surface area contributed by atoms with Gasteiger partial charge in [0.1, 0.15) is 11.9 Å². The second-order valence-electron chi connectivity index (χ2n) is 5.89. The molecule has 1 aromatic rings. The minimum atomic E-state index is -3.45. The zero-order chi connectivity index (χ0) is 15.6. The van der Waals surface area contributed by atoms with E-state index in [9.17, 15) is 8.42 Å². The Morgan fingerprint density at radius 3 is 2.71 bits per heavy atom. The zero-order valence-corrected chi connectivity index (χ0v) is 16.1. The predicted molar refractivity (Wildman–Crippen MR) is 99.2 cm³/mol. The maximum Gasteiger partial charge on any atom is 0.240 e. The Kier molecular flexibility index (Phi) is 8.25. The maximum atomic E-state index is 12.4. The van der Waals surface area contributed by atoms with Gasteiger partial charge in [0.25, 0.3) is 0 Å². The van der Waals surface area contributed by atoms with Crippen molar-refractivity contribution in [1.29, 1.82) is 0 Å². The number of hydrogen-bond donors (Lipinski definition) is 2. The number of hydrogen-bond acceptors (Lipinski definition) is 5. The Morgan fingerprint density at radius 1 is 1.29 bits per heavy atom. The Balaban J connectivity index is 0.00000144. The van der Waals surface area contributed by atoms with Crippen molar-refractivity contribution in [3.63, 3.8) is 0 Å². The normalized spacial score (nSPS) is 20.5. The summed E-state index contributed by atoms with van der Waals surface area (Å²) < 4.78 is 33.0. The number of fused-ring (bicyclic) bond motifs is 1. The highest BCUT2D eigenvalue weighted by Crippen LogP contribution is 2.30. The topological polar surface area (TPSA) is 70.7 Å². The molecule has 3 rings (SSSR count). The summed E-state index contributed by atoms with van der Waals surface area (Å²) in [6.07, 6.45) is 0.882. The molecule has 1 atom stereocenters. The molecule has 0 radical (unpaired) electrons. The second kappa shape index (κ2) is 9.22. The number of benzene rings is 1. The van der Waals surface area contributed by atoms with E-state index >= 15 is 0 Å². The predicted octanol–water partition coefficient (Wildman–Crippen LogP) is 1.04. The average molecular weight is 398 g/mol. The molecular weight excluding hydrogens is 373 g/mol. The van der Waals surface area contributed by atoms with Gasteiger partial charge in [-0.2, -0.15) is 0 Å². The third-order valence-electron chi connectivity index (χ3n) is 4.11. The molecule has 0 aromatic heterocycles. The minimum Gasteiger partial charge on any atom is -0.490 e. The lowest BCUT2D eigenvalue weighted by Gasteiger charge is -2.27. The summed E-state index contributed by atoms with van der Waals surface area (Å²) in [5.41, 5.74) is 0.970. The molecule has 9 heteroatoms. The molecule has 1 unspecified atom stereocenters. The van der Waals surface area contributed by atoms with Crippen molar-refractivity contribution in [3.05, 3.63) is 23.8 Å². The highest BCUT2D eigenvalue weighted by Gasteiger charge is 2.22. The van der Waals surface area contributed by atoms with Crippen molar-refractivity contribution in [3.8, 4) is 5.75 Å². The van der Waals surface area contributed by atoms with Gasteiger partial charge >= 0.3 is 0 Å². The lowest BCUT2D eigenvalue weighted by molar-refractivity contribution is 0.245. The van der Waals surface area contributed by atoms with Crippen LogP contribution < -0.4 is 14.8 Å². The van der Waals surface area contributed by atoms with Gasteiger partial charge in [-0.3, -0.25) is 4.90 Å². The summed E-state index contributed by atoms with van der Waals surface area (Å²) in [7, 11) is -3.45. The largest absolute Gasteiger partial charge is 0.490 e. The fourth-order valence-electron chi connectivity index (χ4n) is 2.92. The van der Waals surface area contributed by atoms with Crippen LogP contribution in [0.15, 0.2) is 23.1 Å². The van der Waals surface area contributed by atoms with Crippen molar-refractivity contribution >= 4 is 34.8 Å². The smallest absolute Gasteiger partial charge is 0.240 e. The van der Waals surface area contributed by atoms with Crippen molar-refractivity contribution < 1.29 is 13.2 Å². The van der Waals surface area contributed by atoms with E-state index in [-0.39, 0.29) is 30.9 Å². The summed E-state index contributed by atoms with van der Waals surface area (Å²) >= 11 is 0. The average Bonchev–Trinajstić information content (AvgIpc) is 2.87. The standard InChI is InChI=1S/C15H23N3O3S.2ClH/c1-12-10-13-11-14(2-3-15(13)21-12)22(19,20)17-6-9-18-7-4-16-5-8-18;;/h2-3,11-12,16-17H,4-10H2,1H3;2*1H. The molecule has 0 aliphatic carbocycles. The molecule has 0 saturated carbocycles. The first kappa shape index (κ1) is 21.5. The number of rotatable bonds is 5. The van der Waals surface area contributed by atoms with Gasteiger partial charge in [0.15, 0.2) is 0 Å². The first-order valence-corrected chi connectivity index (χ1v) is 9.25. The number of ether oxygens (including phenoxy) is 1. The quantitative estimate of drug-likeness (QED) is 0.776. The van der Waals surface area contributed by atoms with Gasteiger partial charge in [0, 0.05) is 45.7 Å². The van der Waals surface area contributed by atoms with Gasteiger partial charge in [0.05, 0.1) is 4.90 Å². The number of nitrogens with one attached hydrogen (secondary N) is 2. The summed E-state index contributed by atoms with van der Waals surface area (Å²) in [6, 6.07) is 5.10. The summed E-state index contributed by atoms with van der Waals surface area (Å²) in [4.78, 5) is 2.58. The van der Waals surface area contributed by atoms with E-state index in [2.05, 4.69) is 14.9 Å². The molecule has 2 aliphatic rings. The molecule has 0 amide bonds. The number of nitrogens with zero attached hydrogens (tertiary/aromatic N) is 1. The van der Waals surface area contributed by atoms with Crippen molar-refractivity contribution in [2.24, 2.45) is 0 Å². The van der Waals surface area contributed by atoms with E-state index in [0.29, 0.717) is 11.4 Å². The van der Waals surface area contributed by atoms with Crippen LogP contribution in [0.2, 0.25) is 0 Å². The summed E-state index contributed by atoms with van der Waals surface area (Å²) in [5.74, 6) is 0.798. The molecule has 2 N–H and O–H groups in total. The Morgan fingerprint density at radius 2 is 2.00 bits per heavy atom. The molecule has 2 aliphatic heterocycles. The maximum absolute atomic E-state index is 12.4. The number of piperazine rings is 1. The SMILES string of the molecule is CC1Cc2cc(S(=O)(=O)NCCN3CCNCC3)ccc2O1.Cl.Cl. The number of halogens is 2. The zero-order valence-electron chi connectivity index (χ0n) is 13.7. The third kappa shape index (κ3) is 5.21. The first-order valence-electron chi connectivity index (χ1n) is 7.77. The van der Waals surface area contributed by atoms with Crippen molar-refractivity contribution in [2.45, 2.75) is 24.3 Å². The van der Waals surface area contributed by atoms with Gasteiger partial charge in [-0.25, -0.2) is 13.1 Å². The summed E-state index contributed by atoms with van der Waals surface area (Å²) in [6.45, 7) is 7.04. The lowest BCUT2D eigenvalue weighted by Crippen LogP contribution is -2.46. The molecule has 0 spiro atoms. The van der Waals surface area contributed by atoms with Crippen LogP contribution in [0.4, 0.5) is 0 Å². The highest BCUT2D eigenvalue weighted by molar-refractivity contribution is 7.89. The van der Waals surface area contributed by atoms with Crippen molar-refractivity contribution in [1.82, 2.24) is 14.9 Å². The fraction of sp³-hybridized carbons (Fsp3) is 0.600. The third-order valence-corrected chi connectivity index (χ3v) is 5.57. The molecule has 2 heterocycles. The molecule has 138 valence electrons. The molecule has 24 heavy (non-hydrogen) atoms. The van der Waals surface area contributed by atoms with Crippen LogP contribution >= 0.6 is 24.8 Å². The molecule has 0 bridgehead atoms. The highest BCUT2D eigenvalue weighted by atomic mass is 35.5. The van der Waals surface area contributed by atoms with E-state index in [1.54, 1.807) is 18.2 Å². The van der Waals surface area contributed by atoms with Crippen LogP contribution in [-0.4, -0.2) is 58.7 Å². The molecule has 1 saturated heterocycles. The van der Waals surface area contributed by atoms with Gasteiger partial charge in [-0.05, 0) is 30.7 Å². The Bertz CT molecular complexity index is 637. The van der Waals surface area contributed by atoms with Crippen LogP contribution in [0.3, 0.4) is 0 Å². The lowest BCUT2D eigenvalue weighted by atomic mass is 10.1. The van der Waals surface area contributed by atoms with Crippen LogP contribution in [0.5, 0.6) is 5.75 Å². The second-order valence-corrected chi connectivity index (χ2v) is 7.66. The van der Waals surface area contributed by atoms with E-state index in [4.69, 9.17) is 4.74 Å². The number of sulfonamides is 1. The molecule has 6 nitrogen and oxygen atoms in total. The Labute approximate surface area is 156 Å². The van der Waals surface area contributed by atoms with Gasteiger partial charge < -0.3 is 10.1 Å². The molecule has 1 fully saturated rings. The van der Waals surface area contributed by atoms with E-state index < -0.39 is 10.0 Å². The summed E-state index contributed by atoms with van der Waals surface area (Å²) in [5, 5.41) is 3.28. The molecular formula is C15H25Cl2N3O3S. The van der Waals surface area contributed by atoms with Gasteiger partial charge in [-0.1, -0.05) is 0 Å². The van der Waals surface area contributed by atoms with Gasteiger partial charge in [0.2, 0.25) is 10.0 Å². The Hall–Kier alpha value is -0.570.